The van der Waals surface area contributed by atoms with E-state index in [2.05, 4.69) is 15.0 Å². The molecule has 1 aliphatic rings. The van der Waals surface area contributed by atoms with E-state index in [0.29, 0.717) is 43.2 Å². The fourth-order valence-electron chi connectivity index (χ4n) is 3.68. The predicted molar refractivity (Wildman–Crippen MR) is 117 cm³/mol. The summed E-state index contributed by atoms with van der Waals surface area (Å²) in [6.45, 7) is 2.74. The zero-order chi connectivity index (χ0) is 22.1. The molecule has 0 spiro atoms. The maximum absolute atomic E-state index is 12.7. The van der Waals surface area contributed by atoms with Crippen molar-refractivity contribution in [2.45, 2.75) is 13.1 Å². The van der Waals surface area contributed by atoms with Gasteiger partial charge in [-0.2, -0.15) is 4.68 Å². The molecule has 0 radical (unpaired) electrons. The highest BCUT2D eigenvalue weighted by Gasteiger charge is 2.23. The second kappa shape index (κ2) is 8.52. The van der Waals surface area contributed by atoms with Gasteiger partial charge in [0.2, 0.25) is 11.8 Å². The monoisotopic (exact) mass is 452 g/mol. The van der Waals surface area contributed by atoms with Crippen molar-refractivity contribution in [2.75, 3.05) is 26.2 Å². The zero-order valence-electron chi connectivity index (χ0n) is 17.1. The number of rotatable bonds is 5. The van der Waals surface area contributed by atoms with Gasteiger partial charge in [-0.05, 0) is 12.1 Å². The van der Waals surface area contributed by atoms with Gasteiger partial charge in [0.25, 0.3) is 5.56 Å². The average molecular weight is 452 g/mol. The lowest BCUT2D eigenvalue weighted by Gasteiger charge is -2.34. The minimum absolute atomic E-state index is 0.0898. The first-order chi connectivity index (χ1) is 15.6. The number of hydrogen-bond donors (Lipinski definition) is 0. The van der Waals surface area contributed by atoms with E-state index in [4.69, 9.17) is 4.42 Å². The summed E-state index contributed by atoms with van der Waals surface area (Å²) in [6.07, 6.45) is 1.71. The maximum atomic E-state index is 12.7. The van der Waals surface area contributed by atoms with E-state index in [1.807, 2.05) is 23.6 Å². The molecular formula is C21H20N6O4S. The van der Waals surface area contributed by atoms with Gasteiger partial charge in [-0.3, -0.25) is 18.9 Å². The Bertz CT molecular complexity index is 1360. The number of thiazole rings is 1. The SMILES string of the molecule is O=C(Cn1nc(-c2ccccc2)oc1=O)N1CCN(Cc2cc(=O)n3ccsc3n2)CC1. The van der Waals surface area contributed by atoms with Gasteiger partial charge >= 0.3 is 5.76 Å². The molecule has 4 aromatic rings. The van der Waals surface area contributed by atoms with E-state index in [1.165, 1.54) is 15.7 Å². The summed E-state index contributed by atoms with van der Waals surface area (Å²) < 4.78 is 7.78. The third-order valence-corrected chi connectivity index (χ3v) is 6.14. The fraction of sp³-hybridized carbons (Fsp3) is 0.286. The number of carbonyl (C=O) groups excluding carboxylic acids is 1. The van der Waals surface area contributed by atoms with Gasteiger partial charge in [0.1, 0.15) is 6.54 Å². The number of piperazine rings is 1. The summed E-state index contributed by atoms with van der Waals surface area (Å²) in [5.74, 6) is -0.646. The normalized spacial score (nSPS) is 14.8. The van der Waals surface area contributed by atoms with Crippen LogP contribution in [0.15, 0.2) is 62.0 Å². The zero-order valence-corrected chi connectivity index (χ0v) is 17.9. The van der Waals surface area contributed by atoms with Gasteiger partial charge in [-0.25, -0.2) is 9.78 Å². The van der Waals surface area contributed by atoms with Gasteiger partial charge in [0.05, 0.1) is 5.69 Å². The summed E-state index contributed by atoms with van der Waals surface area (Å²) in [5.41, 5.74) is 1.31. The van der Waals surface area contributed by atoms with Crippen LogP contribution < -0.4 is 11.3 Å². The van der Waals surface area contributed by atoms with Crippen LogP contribution in [0.4, 0.5) is 0 Å². The van der Waals surface area contributed by atoms with Crippen LogP contribution in [0.5, 0.6) is 0 Å². The molecule has 1 fully saturated rings. The van der Waals surface area contributed by atoms with Gasteiger partial charge in [0.15, 0.2) is 4.96 Å². The highest BCUT2D eigenvalue weighted by molar-refractivity contribution is 7.15. The summed E-state index contributed by atoms with van der Waals surface area (Å²) >= 11 is 1.42. The third-order valence-electron chi connectivity index (χ3n) is 5.38. The Morgan fingerprint density at radius 2 is 1.88 bits per heavy atom. The van der Waals surface area contributed by atoms with Crippen molar-refractivity contribution >= 4 is 22.2 Å². The maximum Gasteiger partial charge on any atom is 0.437 e. The lowest BCUT2D eigenvalue weighted by Crippen LogP contribution is -2.49. The highest BCUT2D eigenvalue weighted by atomic mass is 32.1. The number of hydrogen-bond acceptors (Lipinski definition) is 8. The van der Waals surface area contributed by atoms with Crippen molar-refractivity contribution in [3.63, 3.8) is 0 Å². The topological polar surface area (TPSA) is 106 Å². The van der Waals surface area contributed by atoms with E-state index >= 15 is 0 Å². The lowest BCUT2D eigenvalue weighted by atomic mass is 10.2. The number of nitrogens with zero attached hydrogens (tertiary/aromatic N) is 6. The standard InChI is InChI=1S/C21H20N6O4S/c28-17-12-16(22-20-26(17)10-11-32-20)13-24-6-8-25(9-7-24)18(29)14-27-21(30)31-19(23-27)15-4-2-1-3-5-15/h1-5,10-12H,6-9,13-14H2. The Balaban J connectivity index is 1.19. The van der Waals surface area contributed by atoms with E-state index in [0.717, 1.165) is 10.4 Å². The first-order valence-corrected chi connectivity index (χ1v) is 11.0. The van der Waals surface area contributed by atoms with E-state index in [-0.39, 0.29) is 23.9 Å². The van der Waals surface area contributed by atoms with Crippen LogP contribution in [0.3, 0.4) is 0 Å². The van der Waals surface area contributed by atoms with Crippen LogP contribution >= 0.6 is 11.3 Å². The van der Waals surface area contributed by atoms with Gasteiger partial charge in [-0.15, -0.1) is 16.4 Å². The summed E-state index contributed by atoms with van der Waals surface area (Å²) in [7, 11) is 0. The fourth-order valence-corrected chi connectivity index (χ4v) is 4.42. The third kappa shape index (κ3) is 4.12. The first-order valence-electron chi connectivity index (χ1n) is 10.2. The molecule has 11 heteroatoms. The van der Waals surface area contributed by atoms with Crippen molar-refractivity contribution in [1.82, 2.24) is 29.0 Å². The van der Waals surface area contributed by atoms with Gasteiger partial charge in [-0.1, -0.05) is 18.2 Å². The quantitative estimate of drug-likeness (QED) is 0.443. The van der Waals surface area contributed by atoms with Crippen molar-refractivity contribution < 1.29 is 9.21 Å². The molecule has 0 atom stereocenters. The minimum atomic E-state index is -0.655. The van der Waals surface area contributed by atoms with Gasteiger partial charge in [0, 0.05) is 55.9 Å². The van der Waals surface area contributed by atoms with Crippen molar-refractivity contribution in [2.24, 2.45) is 0 Å². The molecule has 0 aliphatic carbocycles. The smallest absolute Gasteiger partial charge is 0.388 e. The number of fused-ring (bicyclic) bond motifs is 1. The first kappa shape index (κ1) is 20.3. The van der Waals surface area contributed by atoms with Crippen molar-refractivity contribution in [3.8, 4) is 11.5 Å². The molecule has 0 bridgehead atoms. The molecule has 1 aromatic carbocycles. The van der Waals surface area contributed by atoms with Crippen LogP contribution in [0.1, 0.15) is 5.69 Å². The molecule has 1 aliphatic heterocycles. The Labute approximate surface area is 185 Å². The Morgan fingerprint density at radius 1 is 1.09 bits per heavy atom. The molecule has 164 valence electrons. The molecule has 10 nitrogen and oxygen atoms in total. The molecule has 5 rings (SSSR count). The molecule has 0 N–H and O–H groups in total. The second-order valence-corrected chi connectivity index (χ2v) is 8.37. The predicted octanol–water partition coefficient (Wildman–Crippen LogP) is 0.917. The minimum Gasteiger partial charge on any atom is -0.388 e. The van der Waals surface area contributed by atoms with Gasteiger partial charge < -0.3 is 9.32 Å². The molecule has 3 aromatic heterocycles. The molecule has 0 unspecified atom stereocenters. The van der Waals surface area contributed by atoms with E-state index in [9.17, 15) is 14.4 Å². The van der Waals surface area contributed by atoms with Crippen LogP contribution in [-0.2, 0) is 17.9 Å². The van der Waals surface area contributed by atoms with E-state index in [1.54, 1.807) is 29.3 Å². The Hall–Kier alpha value is -3.57. The van der Waals surface area contributed by atoms with Crippen LogP contribution in [-0.4, -0.2) is 61.1 Å². The molecule has 0 saturated carbocycles. The average Bonchev–Trinajstić information content (AvgIpc) is 3.42. The molecular weight excluding hydrogens is 432 g/mol. The number of aromatic nitrogens is 4. The van der Waals surface area contributed by atoms with Crippen molar-refractivity contribution in [1.29, 1.82) is 0 Å². The molecule has 1 amide bonds. The molecule has 32 heavy (non-hydrogen) atoms. The number of benzene rings is 1. The Kier molecular flexibility index (Phi) is 5.41. The number of carbonyl (C=O) groups is 1. The Morgan fingerprint density at radius 3 is 2.66 bits per heavy atom. The number of amides is 1. The largest absolute Gasteiger partial charge is 0.437 e. The molecule has 1 saturated heterocycles. The van der Waals surface area contributed by atoms with Crippen molar-refractivity contribution in [3.05, 3.63) is 74.6 Å². The van der Waals surface area contributed by atoms with Crippen LogP contribution in [0, 0.1) is 0 Å². The summed E-state index contributed by atoms with van der Waals surface area (Å²) in [4.78, 5) is 46.1. The molecule has 4 heterocycles. The highest BCUT2D eigenvalue weighted by Crippen LogP contribution is 2.14. The van der Waals surface area contributed by atoms with E-state index < -0.39 is 5.76 Å². The summed E-state index contributed by atoms with van der Waals surface area (Å²) in [6, 6.07) is 10.6. The second-order valence-electron chi connectivity index (χ2n) is 7.50. The van der Waals surface area contributed by atoms with Crippen LogP contribution in [0.25, 0.3) is 16.4 Å². The van der Waals surface area contributed by atoms with Crippen LogP contribution in [0.2, 0.25) is 0 Å². The lowest BCUT2D eigenvalue weighted by molar-refractivity contribution is -0.134. The summed E-state index contributed by atoms with van der Waals surface area (Å²) in [5, 5.41) is 5.99.